The molecule has 1 heterocycles. The quantitative estimate of drug-likeness (QED) is 0.882. The van der Waals surface area contributed by atoms with Crippen LogP contribution in [0.5, 0.6) is 0 Å². The van der Waals surface area contributed by atoms with Crippen LogP contribution in [0.1, 0.15) is 62.4 Å². The third-order valence-electron chi connectivity index (χ3n) is 4.53. The molecule has 1 aliphatic rings. The van der Waals surface area contributed by atoms with Crippen molar-refractivity contribution in [2.45, 2.75) is 45.4 Å². The Labute approximate surface area is 146 Å². The Morgan fingerprint density at radius 1 is 1.08 bits per heavy atom. The van der Waals surface area contributed by atoms with Crippen molar-refractivity contribution in [2.24, 2.45) is 5.73 Å². The van der Waals surface area contributed by atoms with E-state index >= 15 is 0 Å². The summed E-state index contributed by atoms with van der Waals surface area (Å²) < 4.78 is 0. The van der Waals surface area contributed by atoms with Crippen LogP contribution in [0.3, 0.4) is 0 Å². The fourth-order valence-corrected chi connectivity index (χ4v) is 4.56. The average molecular weight is 342 g/mol. The van der Waals surface area contributed by atoms with Gasteiger partial charge in [0.05, 0.1) is 5.56 Å². The van der Waals surface area contributed by atoms with Crippen LogP contribution in [0.2, 0.25) is 0 Å². The lowest BCUT2D eigenvalue weighted by molar-refractivity contribution is 0.100. The number of rotatable bonds is 3. The zero-order chi connectivity index (χ0) is 17.1. The van der Waals surface area contributed by atoms with Gasteiger partial charge in [-0.05, 0) is 49.8 Å². The number of hydrogen-bond acceptors (Lipinski definition) is 3. The molecule has 0 atom stereocenters. The maximum absolute atomic E-state index is 12.6. The van der Waals surface area contributed by atoms with E-state index < -0.39 is 5.91 Å². The van der Waals surface area contributed by atoms with Gasteiger partial charge in [-0.3, -0.25) is 9.59 Å². The van der Waals surface area contributed by atoms with E-state index in [4.69, 9.17) is 5.73 Å². The number of anilines is 1. The maximum Gasteiger partial charge on any atom is 0.256 e. The second kappa shape index (κ2) is 7.18. The summed E-state index contributed by atoms with van der Waals surface area (Å²) in [7, 11) is 0. The second-order valence-electron chi connectivity index (χ2n) is 6.26. The Kier molecular flexibility index (Phi) is 5.00. The number of carbonyl (C=O) groups is 2. The summed E-state index contributed by atoms with van der Waals surface area (Å²) >= 11 is 1.51. The average Bonchev–Trinajstić information content (AvgIpc) is 2.84. The number of carbonyl (C=O) groups excluding carboxylic acids is 2. The lowest BCUT2D eigenvalue weighted by atomic mass is 9.96. The van der Waals surface area contributed by atoms with Gasteiger partial charge in [0.25, 0.3) is 11.8 Å². The molecule has 0 aliphatic heterocycles. The van der Waals surface area contributed by atoms with Crippen LogP contribution >= 0.6 is 11.3 Å². The maximum atomic E-state index is 12.6. The van der Waals surface area contributed by atoms with Crippen molar-refractivity contribution < 1.29 is 9.59 Å². The van der Waals surface area contributed by atoms with Crippen LogP contribution in [0.4, 0.5) is 5.00 Å². The minimum absolute atomic E-state index is 0.190. The van der Waals surface area contributed by atoms with E-state index in [0.29, 0.717) is 16.1 Å². The molecule has 4 nitrogen and oxygen atoms in total. The van der Waals surface area contributed by atoms with Crippen molar-refractivity contribution in [3.63, 3.8) is 0 Å². The summed E-state index contributed by atoms with van der Waals surface area (Å²) in [5, 5.41) is 3.53. The zero-order valence-corrected chi connectivity index (χ0v) is 14.7. The van der Waals surface area contributed by atoms with Gasteiger partial charge in [-0.25, -0.2) is 0 Å². The van der Waals surface area contributed by atoms with Gasteiger partial charge in [0.1, 0.15) is 5.00 Å². The number of thiophene rings is 1. The number of fused-ring (bicyclic) bond motifs is 1. The zero-order valence-electron chi connectivity index (χ0n) is 13.9. The molecule has 3 rings (SSSR count). The number of hydrogen-bond donors (Lipinski definition) is 2. The normalized spacial score (nSPS) is 14.4. The Hall–Kier alpha value is -2.14. The van der Waals surface area contributed by atoms with Crippen molar-refractivity contribution in [3.05, 3.63) is 51.4 Å². The molecule has 0 saturated heterocycles. The van der Waals surface area contributed by atoms with E-state index in [9.17, 15) is 9.59 Å². The highest BCUT2D eigenvalue weighted by Crippen LogP contribution is 2.37. The van der Waals surface area contributed by atoms with Gasteiger partial charge >= 0.3 is 0 Å². The number of aryl methyl sites for hydroxylation is 2. The van der Waals surface area contributed by atoms with Crippen molar-refractivity contribution in [1.29, 1.82) is 0 Å². The monoisotopic (exact) mass is 342 g/mol. The van der Waals surface area contributed by atoms with Gasteiger partial charge in [-0.1, -0.05) is 31.0 Å². The molecule has 24 heavy (non-hydrogen) atoms. The van der Waals surface area contributed by atoms with Crippen LogP contribution in [-0.2, 0) is 12.8 Å². The molecule has 2 aromatic rings. The van der Waals surface area contributed by atoms with Crippen LogP contribution in [0.25, 0.3) is 0 Å². The molecule has 0 spiro atoms. The fourth-order valence-electron chi connectivity index (χ4n) is 3.27. The third kappa shape index (κ3) is 3.36. The van der Waals surface area contributed by atoms with E-state index in [0.717, 1.165) is 36.8 Å². The molecular weight excluding hydrogens is 320 g/mol. The third-order valence-corrected chi connectivity index (χ3v) is 5.74. The summed E-state index contributed by atoms with van der Waals surface area (Å²) in [5.74, 6) is -0.641. The standard InChI is InChI=1S/C19H22N2O2S/c1-12-8-6-7-9-13(12)18(23)21-19-16(17(20)22)14-10-4-2-3-5-11-15(14)24-19/h6-9H,2-5,10-11H2,1H3,(H2,20,22)(H,21,23). The lowest BCUT2D eigenvalue weighted by Crippen LogP contribution is -2.18. The van der Waals surface area contributed by atoms with E-state index in [-0.39, 0.29) is 5.91 Å². The topological polar surface area (TPSA) is 72.2 Å². The molecule has 0 bridgehead atoms. The van der Waals surface area contributed by atoms with Crippen LogP contribution < -0.4 is 11.1 Å². The fraction of sp³-hybridized carbons (Fsp3) is 0.368. The summed E-state index contributed by atoms with van der Waals surface area (Å²) in [6.07, 6.45) is 6.41. The Balaban J connectivity index is 1.95. The van der Waals surface area contributed by atoms with E-state index in [1.165, 1.54) is 29.1 Å². The molecule has 5 heteroatoms. The SMILES string of the molecule is Cc1ccccc1C(=O)Nc1sc2c(c1C(N)=O)CCCCCC2. The highest BCUT2D eigenvalue weighted by atomic mass is 32.1. The van der Waals surface area contributed by atoms with Crippen molar-refractivity contribution >= 4 is 28.2 Å². The number of benzene rings is 1. The van der Waals surface area contributed by atoms with Crippen molar-refractivity contribution in [3.8, 4) is 0 Å². The molecular formula is C19H22N2O2S. The summed E-state index contributed by atoms with van der Waals surface area (Å²) in [4.78, 5) is 25.8. The summed E-state index contributed by atoms with van der Waals surface area (Å²) in [6.45, 7) is 1.90. The van der Waals surface area contributed by atoms with E-state index in [1.807, 2.05) is 25.1 Å². The molecule has 126 valence electrons. The van der Waals surface area contributed by atoms with Gasteiger partial charge in [0.15, 0.2) is 0 Å². The van der Waals surface area contributed by atoms with E-state index in [1.54, 1.807) is 6.07 Å². The highest BCUT2D eigenvalue weighted by Gasteiger charge is 2.24. The van der Waals surface area contributed by atoms with Gasteiger partial charge in [-0.15, -0.1) is 11.3 Å². The predicted octanol–water partition coefficient (Wildman–Crippen LogP) is 4.07. The first-order valence-electron chi connectivity index (χ1n) is 8.39. The minimum atomic E-state index is -0.451. The van der Waals surface area contributed by atoms with Crippen molar-refractivity contribution in [1.82, 2.24) is 0 Å². The smallest absolute Gasteiger partial charge is 0.256 e. The molecule has 2 amide bonds. The molecule has 3 N–H and O–H groups in total. The van der Waals surface area contributed by atoms with Gasteiger partial charge < -0.3 is 11.1 Å². The number of amides is 2. The molecule has 0 saturated carbocycles. The Bertz CT molecular complexity index is 780. The van der Waals surface area contributed by atoms with Crippen molar-refractivity contribution in [2.75, 3.05) is 5.32 Å². The van der Waals surface area contributed by atoms with E-state index in [2.05, 4.69) is 5.32 Å². The predicted molar refractivity (Wildman–Crippen MR) is 97.8 cm³/mol. The molecule has 1 aromatic carbocycles. The van der Waals surface area contributed by atoms with Crippen LogP contribution in [0, 0.1) is 6.92 Å². The number of primary amides is 1. The molecule has 0 unspecified atom stereocenters. The minimum Gasteiger partial charge on any atom is -0.365 e. The number of nitrogens with two attached hydrogens (primary N) is 1. The number of nitrogens with one attached hydrogen (secondary N) is 1. The molecule has 0 radical (unpaired) electrons. The van der Waals surface area contributed by atoms with Gasteiger partial charge in [-0.2, -0.15) is 0 Å². The first-order chi connectivity index (χ1) is 11.6. The summed E-state index contributed by atoms with van der Waals surface area (Å²) in [6, 6.07) is 7.43. The first-order valence-corrected chi connectivity index (χ1v) is 9.21. The first kappa shape index (κ1) is 16.7. The molecule has 1 aliphatic carbocycles. The molecule has 1 aromatic heterocycles. The molecule has 0 fully saturated rings. The Morgan fingerprint density at radius 3 is 2.50 bits per heavy atom. The highest BCUT2D eigenvalue weighted by molar-refractivity contribution is 7.17. The second-order valence-corrected chi connectivity index (χ2v) is 7.36. The lowest BCUT2D eigenvalue weighted by Gasteiger charge is -2.10. The van der Waals surface area contributed by atoms with Crippen LogP contribution in [0.15, 0.2) is 24.3 Å². The van der Waals surface area contributed by atoms with Gasteiger partial charge in [0, 0.05) is 10.4 Å². The summed E-state index contributed by atoms with van der Waals surface area (Å²) in [5.41, 5.74) is 8.72. The van der Waals surface area contributed by atoms with Crippen LogP contribution in [-0.4, -0.2) is 11.8 Å². The Morgan fingerprint density at radius 2 is 1.79 bits per heavy atom. The largest absolute Gasteiger partial charge is 0.365 e. The van der Waals surface area contributed by atoms with Gasteiger partial charge in [0.2, 0.25) is 0 Å².